The highest BCUT2D eigenvalue weighted by atomic mass is 16.2. The van der Waals surface area contributed by atoms with E-state index in [1.807, 2.05) is 37.5 Å². The fourth-order valence-electron chi connectivity index (χ4n) is 2.91. The van der Waals surface area contributed by atoms with Crippen LogP contribution < -0.4 is 16.0 Å². The van der Waals surface area contributed by atoms with Gasteiger partial charge in [0.1, 0.15) is 5.82 Å². The molecule has 7 heteroatoms. The van der Waals surface area contributed by atoms with Crippen molar-refractivity contribution in [2.45, 2.75) is 19.5 Å². The Morgan fingerprint density at radius 2 is 2.08 bits per heavy atom. The summed E-state index contributed by atoms with van der Waals surface area (Å²) in [7, 11) is 0. The number of anilines is 1. The minimum Gasteiger partial charge on any atom is -0.368 e. The Balaban J connectivity index is 1.77. The number of nitrogens with zero attached hydrogens (tertiary/aromatic N) is 3. The molecule has 3 N–H and O–H groups in total. The van der Waals surface area contributed by atoms with Crippen LogP contribution in [0.5, 0.6) is 0 Å². The molecule has 1 aliphatic rings. The summed E-state index contributed by atoms with van der Waals surface area (Å²) in [5, 5.41) is 13.8. The first-order valence-corrected chi connectivity index (χ1v) is 8.39. The minimum absolute atomic E-state index is 0.00659. The standard InChI is InChI=1S/C18H20N6O/c1-12-18(25)20-7-6-19-16-5-8-24-17(23-16)15(11-22-24)14-4-2-3-13(9-14)10-21-12/h2-5,8-9,11-12,21H,6-7,10H2,1H3,(H,19,23)(H,20,25)/t12-/m1/s1. The molecule has 0 fully saturated rings. The topological polar surface area (TPSA) is 83.3 Å². The average molecular weight is 336 g/mol. The number of fused-ring (bicyclic) bond motifs is 4. The van der Waals surface area contributed by atoms with Crippen LogP contribution in [0, 0.1) is 0 Å². The first kappa shape index (κ1) is 15.6. The molecule has 1 amide bonds. The van der Waals surface area contributed by atoms with Crippen molar-refractivity contribution >= 4 is 17.4 Å². The summed E-state index contributed by atoms with van der Waals surface area (Å²) in [6.45, 7) is 3.64. The maximum absolute atomic E-state index is 12.1. The van der Waals surface area contributed by atoms with E-state index in [0.717, 1.165) is 28.2 Å². The molecule has 25 heavy (non-hydrogen) atoms. The largest absolute Gasteiger partial charge is 0.368 e. The van der Waals surface area contributed by atoms with Crippen LogP contribution in [0.1, 0.15) is 12.5 Å². The van der Waals surface area contributed by atoms with Crippen molar-refractivity contribution in [3.63, 3.8) is 0 Å². The second kappa shape index (κ2) is 6.52. The number of rotatable bonds is 0. The second-order valence-corrected chi connectivity index (χ2v) is 6.16. The molecule has 0 radical (unpaired) electrons. The smallest absolute Gasteiger partial charge is 0.236 e. The minimum atomic E-state index is -0.254. The van der Waals surface area contributed by atoms with Gasteiger partial charge in [-0.05, 0) is 30.2 Å². The molecule has 0 saturated carbocycles. The maximum atomic E-state index is 12.1. The highest BCUT2D eigenvalue weighted by molar-refractivity contribution is 5.81. The van der Waals surface area contributed by atoms with Crippen LogP contribution in [-0.4, -0.2) is 39.6 Å². The Kier molecular flexibility index (Phi) is 4.07. The summed E-state index contributed by atoms with van der Waals surface area (Å²) in [4.78, 5) is 16.8. The number of benzene rings is 1. The van der Waals surface area contributed by atoms with E-state index in [2.05, 4.69) is 38.2 Å². The lowest BCUT2D eigenvalue weighted by molar-refractivity contribution is -0.122. The van der Waals surface area contributed by atoms with Gasteiger partial charge >= 0.3 is 0 Å². The van der Waals surface area contributed by atoms with Crippen LogP contribution in [0.4, 0.5) is 5.82 Å². The highest BCUT2D eigenvalue weighted by Gasteiger charge is 2.13. The van der Waals surface area contributed by atoms with Gasteiger partial charge in [-0.3, -0.25) is 4.79 Å². The molecule has 1 aromatic carbocycles. The van der Waals surface area contributed by atoms with Gasteiger partial charge in [0.15, 0.2) is 5.65 Å². The summed E-state index contributed by atoms with van der Waals surface area (Å²) in [5.74, 6) is 0.758. The Bertz CT molecular complexity index is 919. The molecule has 1 atom stereocenters. The molecule has 0 aliphatic carbocycles. The van der Waals surface area contributed by atoms with E-state index in [-0.39, 0.29) is 11.9 Å². The van der Waals surface area contributed by atoms with Gasteiger partial charge in [-0.2, -0.15) is 5.10 Å². The van der Waals surface area contributed by atoms with Crippen LogP contribution in [-0.2, 0) is 11.3 Å². The molecule has 0 spiro atoms. The SMILES string of the molecule is C[C@H]1NCc2cccc(c2)-c2cnn3ccc(nc23)NCCNC1=O. The average Bonchev–Trinajstić information content (AvgIpc) is 3.06. The third kappa shape index (κ3) is 3.18. The maximum Gasteiger partial charge on any atom is 0.236 e. The molecule has 2 aromatic heterocycles. The number of hydrogen-bond donors (Lipinski definition) is 3. The molecule has 7 nitrogen and oxygen atoms in total. The Morgan fingerprint density at radius 1 is 1.20 bits per heavy atom. The molecule has 3 aromatic rings. The van der Waals surface area contributed by atoms with Gasteiger partial charge in [0, 0.05) is 31.4 Å². The van der Waals surface area contributed by atoms with E-state index in [0.29, 0.717) is 19.6 Å². The van der Waals surface area contributed by atoms with Crippen molar-refractivity contribution in [3.8, 4) is 11.1 Å². The van der Waals surface area contributed by atoms with Gasteiger partial charge in [-0.15, -0.1) is 0 Å². The van der Waals surface area contributed by atoms with Crippen LogP contribution in [0.2, 0.25) is 0 Å². The van der Waals surface area contributed by atoms with Crippen molar-refractivity contribution in [1.29, 1.82) is 0 Å². The Morgan fingerprint density at radius 3 is 3.00 bits per heavy atom. The van der Waals surface area contributed by atoms with E-state index in [1.54, 1.807) is 4.52 Å². The summed E-state index contributed by atoms with van der Waals surface area (Å²) >= 11 is 0. The van der Waals surface area contributed by atoms with Gasteiger partial charge in [-0.1, -0.05) is 18.2 Å². The van der Waals surface area contributed by atoms with Crippen LogP contribution >= 0.6 is 0 Å². The lowest BCUT2D eigenvalue weighted by Gasteiger charge is -2.14. The summed E-state index contributed by atoms with van der Waals surface area (Å²) in [6.07, 6.45) is 3.72. The normalized spacial score (nSPS) is 18.3. The first-order chi connectivity index (χ1) is 12.2. The van der Waals surface area contributed by atoms with Gasteiger partial charge in [0.2, 0.25) is 5.91 Å². The van der Waals surface area contributed by atoms with Crippen molar-refractivity contribution in [2.75, 3.05) is 18.4 Å². The number of amides is 1. The van der Waals surface area contributed by atoms with Gasteiger partial charge in [0.25, 0.3) is 0 Å². The van der Waals surface area contributed by atoms with E-state index in [9.17, 15) is 4.79 Å². The fourth-order valence-corrected chi connectivity index (χ4v) is 2.91. The lowest BCUT2D eigenvalue weighted by Crippen LogP contribution is -2.43. The van der Waals surface area contributed by atoms with E-state index in [1.165, 1.54) is 0 Å². The zero-order chi connectivity index (χ0) is 17.2. The zero-order valence-corrected chi connectivity index (χ0v) is 14.0. The quantitative estimate of drug-likeness (QED) is 0.578. The van der Waals surface area contributed by atoms with Crippen LogP contribution in [0.25, 0.3) is 16.8 Å². The summed E-state index contributed by atoms with van der Waals surface area (Å²) < 4.78 is 1.77. The fraction of sp³-hybridized carbons (Fsp3) is 0.278. The molecular weight excluding hydrogens is 316 g/mol. The molecule has 4 rings (SSSR count). The second-order valence-electron chi connectivity index (χ2n) is 6.16. The summed E-state index contributed by atoms with van der Waals surface area (Å²) in [5.41, 5.74) is 3.97. The van der Waals surface area contributed by atoms with Gasteiger partial charge in [-0.25, -0.2) is 9.50 Å². The molecular formula is C18H20N6O. The number of carbonyl (C=O) groups excluding carboxylic acids is 1. The van der Waals surface area contributed by atoms with Gasteiger partial charge < -0.3 is 16.0 Å². The third-order valence-corrected chi connectivity index (χ3v) is 4.34. The zero-order valence-electron chi connectivity index (χ0n) is 14.0. The summed E-state index contributed by atoms with van der Waals surface area (Å²) in [6, 6.07) is 9.85. The van der Waals surface area contributed by atoms with Crippen molar-refractivity contribution in [3.05, 3.63) is 48.3 Å². The van der Waals surface area contributed by atoms with E-state index in [4.69, 9.17) is 0 Å². The third-order valence-electron chi connectivity index (χ3n) is 4.34. The monoisotopic (exact) mass is 336 g/mol. The molecule has 0 saturated heterocycles. The molecule has 0 unspecified atom stereocenters. The number of aromatic nitrogens is 3. The van der Waals surface area contributed by atoms with Crippen molar-refractivity contribution < 1.29 is 4.79 Å². The van der Waals surface area contributed by atoms with Crippen LogP contribution in [0.3, 0.4) is 0 Å². The number of hydrogen-bond acceptors (Lipinski definition) is 5. The Labute approximate surface area is 145 Å². The first-order valence-electron chi connectivity index (χ1n) is 8.39. The molecule has 3 heterocycles. The van der Waals surface area contributed by atoms with E-state index >= 15 is 0 Å². The predicted molar refractivity (Wildman–Crippen MR) is 96.2 cm³/mol. The predicted octanol–water partition coefficient (Wildman–Crippen LogP) is 1.42. The van der Waals surface area contributed by atoms with E-state index < -0.39 is 0 Å². The van der Waals surface area contributed by atoms with Crippen molar-refractivity contribution in [2.24, 2.45) is 0 Å². The molecule has 4 bridgehead atoms. The molecule has 1 aliphatic heterocycles. The Hall–Kier alpha value is -2.93. The number of nitrogens with one attached hydrogen (secondary N) is 3. The lowest BCUT2D eigenvalue weighted by atomic mass is 10.1. The highest BCUT2D eigenvalue weighted by Crippen LogP contribution is 2.25. The van der Waals surface area contributed by atoms with Gasteiger partial charge in [0.05, 0.1) is 12.2 Å². The molecule has 128 valence electrons. The van der Waals surface area contributed by atoms with Crippen LogP contribution in [0.15, 0.2) is 42.7 Å². The van der Waals surface area contributed by atoms with Crippen molar-refractivity contribution in [1.82, 2.24) is 25.2 Å². The number of carbonyl (C=O) groups is 1.